The van der Waals surface area contributed by atoms with Gasteiger partial charge in [-0.05, 0) is 24.3 Å². The summed E-state index contributed by atoms with van der Waals surface area (Å²) in [7, 11) is 0. The molecule has 1 aromatic heterocycles. The first-order chi connectivity index (χ1) is 9.22. The topological polar surface area (TPSA) is 12.9 Å². The van der Waals surface area contributed by atoms with E-state index in [1.54, 1.807) is 11.3 Å². The Bertz CT molecular complexity index is 629. The summed E-state index contributed by atoms with van der Waals surface area (Å²) in [5, 5.41) is 3.84. The van der Waals surface area contributed by atoms with Crippen molar-refractivity contribution >= 4 is 38.9 Å². The number of hydrogen-bond donors (Lipinski definition) is 0. The quantitative estimate of drug-likeness (QED) is 0.561. The standard InChI is InChI=1S/C15H9BrClNS/c16-12-5-1-11(2-6-12)15-18-14(9-19-15)10-3-7-13(17)8-4-10/h1-9H. The van der Waals surface area contributed by atoms with E-state index < -0.39 is 0 Å². The molecule has 2 aromatic carbocycles. The fourth-order valence-corrected chi connectivity index (χ4v) is 2.98. The fraction of sp³-hybridized carbons (Fsp3) is 0. The van der Waals surface area contributed by atoms with Crippen molar-refractivity contribution in [1.82, 2.24) is 4.98 Å². The molecule has 0 aliphatic heterocycles. The van der Waals surface area contributed by atoms with Crippen LogP contribution in [0.25, 0.3) is 21.8 Å². The average Bonchev–Trinajstić information content (AvgIpc) is 2.90. The largest absolute Gasteiger partial charge is 0.236 e. The number of halogens is 2. The summed E-state index contributed by atoms with van der Waals surface area (Å²) in [5.74, 6) is 0. The maximum atomic E-state index is 5.89. The minimum atomic E-state index is 0.743. The van der Waals surface area contributed by atoms with Crippen molar-refractivity contribution in [2.45, 2.75) is 0 Å². The van der Waals surface area contributed by atoms with Crippen LogP contribution in [0.1, 0.15) is 0 Å². The van der Waals surface area contributed by atoms with Crippen molar-refractivity contribution in [3.8, 4) is 21.8 Å². The highest BCUT2D eigenvalue weighted by Gasteiger charge is 2.06. The van der Waals surface area contributed by atoms with Crippen molar-refractivity contribution in [3.05, 3.63) is 63.4 Å². The lowest BCUT2D eigenvalue weighted by Crippen LogP contribution is -1.79. The zero-order valence-corrected chi connectivity index (χ0v) is 13.0. The Balaban J connectivity index is 1.95. The number of hydrogen-bond acceptors (Lipinski definition) is 2. The molecule has 0 N–H and O–H groups in total. The van der Waals surface area contributed by atoms with Crippen LogP contribution in [0.4, 0.5) is 0 Å². The molecular weight excluding hydrogens is 342 g/mol. The van der Waals surface area contributed by atoms with Crippen molar-refractivity contribution < 1.29 is 0 Å². The van der Waals surface area contributed by atoms with Crippen LogP contribution in [0.5, 0.6) is 0 Å². The van der Waals surface area contributed by atoms with E-state index in [1.807, 2.05) is 36.4 Å². The second-order valence-corrected chi connectivity index (χ2v) is 6.26. The summed E-state index contributed by atoms with van der Waals surface area (Å²) >= 11 is 11.0. The monoisotopic (exact) mass is 349 g/mol. The fourth-order valence-electron chi connectivity index (χ4n) is 1.75. The van der Waals surface area contributed by atoms with Crippen molar-refractivity contribution in [3.63, 3.8) is 0 Å². The van der Waals surface area contributed by atoms with Gasteiger partial charge in [-0.1, -0.05) is 51.8 Å². The summed E-state index contributed by atoms with van der Waals surface area (Å²) < 4.78 is 1.07. The zero-order chi connectivity index (χ0) is 13.2. The first kappa shape index (κ1) is 12.9. The Morgan fingerprint density at radius 3 is 2.21 bits per heavy atom. The molecule has 0 saturated heterocycles. The van der Waals surface area contributed by atoms with Crippen LogP contribution >= 0.6 is 38.9 Å². The van der Waals surface area contributed by atoms with Gasteiger partial charge >= 0.3 is 0 Å². The molecule has 0 bridgehead atoms. The van der Waals surface area contributed by atoms with Gasteiger partial charge in [0.25, 0.3) is 0 Å². The minimum absolute atomic E-state index is 0.743. The summed E-state index contributed by atoms with van der Waals surface area (Å²) in [6.45, 7) is 0. The number of nitrogens with zero attached hydrogens (tertiary/aromatic N) is 1. The van der Waals surface area contributed by atoms with Gasteiger partial charge in [-0.25, -0.2) is 4.98 Å². The van der Waals surface area contributed by atoms with E-state index in [9.17, 15) is 0 Å². The first-order valence-corrected chi connectivity index (χ1v) is 7.75. The highest BCUT2D eigenvalue weighted by Crippen LogP contribution is 2.30. The molecule has 0 aliphatic carbocycles. The first-order valence-electron chi connectivity index (χ1n) is 5.70. The van der Waals surface area contributed by atoms with Crippen LogP contribution in [-0.2, 0) is 0 Å². The maximum absolute atomic E-state index is 5.89. The SMILES string of the molecule is Clc1ccc(-c2csc(-c3ccc(Br)cc3)n2)cc1. The van der Waals surface area contributed by atoms with E-state index in [-0.39, 0.29) is 0 Å². The second-order valence-electron chi connectivity index (χ2n) is 4.05. The van der Waals surface area contributed by atoms with E-state index >= 15 is 0 Å². The molecule has 1 nitrogen and oxygen atoms in total. The van der Waals surface area contributed by atoms with Crippen LogP contribution in [-0.4, -0.2) is 4.98 Å². The van der Waals surface area contributed by atoms with Gasteiger partial charge in [0.2, 0.25) is 0 Å². The Morgan fingerprint density at radius 1 is 0.895 bits per heavy atom. The molecule has 1 heterocycles. The molecule has 0 spiro atoms. The summed E-state index contributed by atoms with van der Waals surface area (Å²) in [4.78, 5) is 4.67. The molecular formula is C15H9BrClNS. The van der Waals surface area contributed by atoms with Crippen LogP contribution < -0.4 is 0 Å². The lowest BCUT2D eigenvalue weighted by Gasteiger charge is -1.97. The Hall–Kier alpha value is -1.16. The maximum Gasteiger partial charge on any atom is 0.124 e. The zero-order valence-electron chi connectivity index (χ0n) is 9.81. The van der Waals surface area contributed by atoms with E-state index in [2.05, 4.69) is 38.4 Å². The molecule has 3 rings (SSSR count). The molecule has 0 radical (unpaired) electrons. The normalized spacial score (nSPS) is 10.6. The summed E-state index contributed by atoms with van der Waals surface area (Å²) in [6, 6.07) is 15.9. The molecule has 94 valence electrons. The minimum Gasteiger partial charge on any atom is -0.236 e. The van der Waals surface area contributed by atoms with Crippen LogP contribution in [0.2, 0.25) is 5.02 Å². The van der Waals surface area contributed by atoms with E-state index in [0.717, 1.165) is 31.3 Å². The Labute approximate surface area is 129 Å². The van der Waals surface area contributed by atoms with Gasteiger partial charge in [0.1, 0.15) is 5.01 Å². The highest BCUT2D eigenvalue weighted by atomic mass is 79.9. The van der Waals surface area contributed by atoms with Gasteiger partial charge in [-0.3, -0.25) is 0 Å². The van der Waals surface area contributed by atoms with Crippen LogP contribution in [0.3, 0.4) is 0 Å². The lowest BCUT2D eigenvalue weighted by atomic mass is 10.2. The average molecular weight is 351 g/mol. The highest BCUT2D eigenvalue weighted by molar-refractivity contribution is 9.10. The Kier molecular flexibility index (Phi) is 3.69. The van der Waals surface area contributed by atoms with Crippen molar-refractivity contribution in [1.29, 1.82) is 0 Å². The molecule has 0 amide bonds. The van der Waals surface area contributed by atoms with Crippen molar-refractivity contribution in [2.24, 2.45) is 0 Å². The van der Waals surface area contributed by atoms with Crippen LogP contribution in [0, 0.1) is 0 Å². The molecule has 0 fully saturated rings. The molecule has 3 aromatic rings. The molecule has 0 unspecified atom stereocenters. The predicted molar refractivity (Wildman–Crippen MR) is 85.7 cm³/mol. The lowest BCUT2D eigenvalue weighted by molar-refractivity contribution is 1.40. The van der Waals surface area contributed by atoms with Gasteiger partial charge in [0.15, 0.2) is 0 Å². The van der Waals surface area contributed by atoms with Gasteiger partial charge in [-0.15, -0.1) is 11.3 Å². The summed E-state index contributed by atoms with van der Waals surface area (Å²) in [5.41, 5.74) is 3.21. The van der Waals surface area contributed by atoms with Gasteiger partial charge in [0, 0.05) is 26.0 Å². The Morgan fingerprint density at radius 2 is 1.53 bits per heavy atom. The van der Waals surface area contributed by atoms with E-state index in [0.29, 0.717) is 0 Å². The molecule has 0 aliphatic rings. The molecule has 0 atom stereocenters. The van der Waals surface area contributed by atoms with E-state index in [4.69, 9.17) is 11.6 Å². The van der Waals surface area contributed by atoms with Gasteiger partial charge in [0.05, 0.1) is 5.69 Å². The second kappa shape index (κ2) is 5.45. The van der Waals surface area contributed by atoms with Crippen LogP contribution in [0.15, 0.2) is 58.4 Å². The van der Waals surface area contributed by atoms with Crippen molar-refractivity contribution in [2.75, 3.05) is 0 Å². The molecule has 19 heavy (non-hydrogen) atoms. The number of rotatable bonds is 2. The molecule has 4 heteroatoms. The third-order valence-corrected chi connectivity index (χ3v) is 4.41. The number of thiazole rings is 1. The van der Waals surface area contributed by atoms with Gasteiger partial charge in [-0.2, -0.15) is 0 Å². The number of benzene rings is 2. The van der Waals surface area contributed by atoms with Gasteiger partial charge < -0.3 is 0 Å². The third kappa shape index (κ3) is 2.89. The van der Waals surface area contributed by atoms with E-state index in [1.165, 1.54) is 0 Å². The number of aromatic nitrogens is 1. The summed E-state index contributed by atoms with van der Waals surface area (Å²) in [6.07, 6.45) is 0. The molecule has 0 saturated carbocycles. The third-order valence-electron chi connectivity index (χ3n) is 2.74. The smallest absolute Gasteiger partial charge is 0.124 e. The predicted octanol–water partition coefficient (Wildman–Crippen LogP) is 5.89.